The molecule has 0 unspecified atom stereocenters. The van der Waals surface area contributed by atoms with Crippen molar-refractivity contribution in [3.05, 3.63) is 35.4 Å². The van der Waals surface area contributed by atoms with Crippen molar-refractivity contribution in [3.63, 3.8) is 0 Å². The Bertz CT molecular complexity index is 454. The van der Waals surface area contributed by atoms with Gasteiger partial charge in [0.1, 0.15) is 0 Å². The Balaban J connectivity index is 1.75. The van der Waals surface area contributed by atoms with Gasteiger partial charge in [-0.2, -0.15) is 13.2 Å². The van der Waals surface area contributed by atoms with Gasteiger partial charge in [-0.1, -0.05) is 12.1 Å². The zero-order valence-electron chi connectivity index (χ0n) is 10.2. The van der Waals surface area contributed by atoms with Crippen LogP contribution in [-0.2, 0) is 15.7 Å². The highest BCUT2D eigenvalue weighted by Crippen LogP contribution is 2.32. The Labute approximate surface area is 108 Å². The van der Waals surface area contributed by atoms with E-state index in [0.29, 0.717) is 26.4 Å². The summed E-state index contributed by atoms with van der Waals surface area (Å²) in [6.45, 7) is 2.23. The van der Waals surface area contributed by atoms with Gasteiger partial charge in [0.05, 0.1) is 43.6 Å². The highest BCUT2D eigenvalue weighted by atomic mass is 19.4. The van der Waals surface area contributed by atoms with Crippen LogP contribution < -0.4 is 5.32 Å². The van der Waals surface area contributed by atoms with Crippen LogP contribution in [0.15, 0.2) is 24.3 Å². The van der Waals surface area contributed by atoms with Crippen molar-refractivity contribution < 1.29 is 22.6 Å². The molecular formula is C13H14F3NO2. The van der Waals surface area contributed by atoms with E-state index in [1.807, 2.05) is 0 Å². The minimum atomic E-state index is -4.29. The van der Waals surface area contributed by atoms with E-state index in [9.17, 15) is 13.2 Å². The number of hydrogen-bond donors (Lipinski definition) is 1. The van der Waals surface area contributed by atoms with Gasteiger partial charge in [0, 0.05) is 0 Å². The highest BCUT2D eigenvalue weighted by Gasteiger charge is 2.43. The van der Waals surface area contributed by atoms with Crippen molar-refractivity contribution in [2.24, 2.45) is 0 Å². The molecule has 0 aromatic heterocycles. The maximum absolute atomic E-state index is 12.5. The van der Waals surface area contributed by atoms with Crippen LogP contribution in [0.5, 0.6) is 0 Å². The van der Waals surface area contributed by atoms with E-state index >= 15 is 0 Å². The molecule has 3 rings (SSSR count). The number of morpholine rings is 1. The Kier molecular flexibility index (Phi) is 3.03. The molecule has 1 N–H and O–H groups in total. The van der Waals surface area contributed by atoms with Gasteiger partial charge in [0.2, 0.25) is 0 Å². The number of nitrogens with one attached hydrogen (secondary N) is 1. The Morgan fingerprint density at radius 3 is 2.21 bits per heavy atom. The summed E-state index contributed by atoms with van der Waals surface area (Å²) < 4.78 is 48.2. The van der Waals surface area contributed by atoms with Gasteiger partial charge >= 0.3 is 6.18 Å². The van der Waals surface area contributed by atoms with Crippen LogP contribution in [0, 0.1) is 0 Å². The molecule has 0 radical (unpaired) electrons. The molecule has 2 saturated heterocycles. The van der Waals surface area contributed by atoms with Crippen molar-refractivity contribution >= 4 is 0 Å². The van der Waals surface area contributed by atoms with Crippen molar-refractivity contribution in [2.75, 3.05) is 26.4 Å². The zero-order valence-corrected chi connectivity index (χ0v) is 10.2. The number of rotatable bonds is 1. The maximum atomic E-state index is 12.5. The van der Waals surface area contributed by atoms with Crippen LogP contribution in [0.2, 0.25) is 0 Å². The molecule has 0 aliphatic carbocycles. The van der Waals surface area contributed by atoms with Gasteiger partial charge in [-0.05, 0) is 17.7 Å². The lowest BCUT2D eigenvalue weighted by molar-refractivity contribution is -0.143. The number of halogens is 3. The minimum Gasteiger partial charge on any atom is -0.377 e. The van der Waals surface area contributed by atoms with E-state index in [0.717, 1.165) is 17.7 Å². The van der Waals surface area contributed by atoms with Crippen molar-refractivity contribution in [2.45, 2.75) is 17.8 Å². The average Bonchev–Trinajstić information content (AvgIpc) is 2.36. The summed E-state index contributed by atoms with van der Waals surface area (Å²) in [4.78, 5) is 0. The van der Waals surface area contributed by atoms with Gasteiger partial charge in [0.15, 0.2) is 0 Å². The van der Waals surface area contributed by atoms with Gasteiger partial charge < -0.3 is 9.47 Å². The van der Waals surface area contributed by atoms with Crippen LogP contribution >= 0.6 is 0 Å². The van der Waals surface area contributed by atoms with E-state index < -0.39 is 11.7 Å². The molecule has 0 saturated carbocycles. The fraction of sp³-hybridized carbons (Fsp3) is 0.538. The topological polar surface area (TPSA) is 30.5 Å². The summed E-state index contributed by atoms with van der Waals surface area (Å²) in [5, 5.41) is 3.41. The summed E-state index contributed by atoms with van der Waals surface area (Å²) in [7, 11) is 0. The second-order valence-corrected chi connectivity index (χ2v) is 5.10. The third-order valence-electron chi connectivity index (χ3n) is 3.54. The molecule has 19 heavy (non-hydrogen) atoms. The SMILES string of the molecule is FC(F)(F)c1ccc([C@H]2COCC3(COC3)N2)cc1. The summed E-state index contributed by atoms with van der Waals surface area (Å²) in [5.41, 5.74) is 0.0136. The quantitative estimate of drug-likeness (QED) is 0.850. The van der Waals surface area contributed by atoms with Gasteiger partial charge in [-0.3, -0.25) is 5.32 Å². The fourth-order valence-corrected chi connectivity index (χ4v) is 2.42. The van der Waals surface area contributed by atoms with Gasteiger partial charge in [-0.25, -0.2) is 0 Å². The number of hydrogen-bond acceptors (Lipinski definition) is 3. The second kappa shape index (κ2) is 4.47. The third kappa shape index (κ3) is 2.48. The smallest absolute Gasteiger partial charge is 0.377 e. The molecule has 104 valence electrons. The van der Waals surface area contributed by atoms with Gasteiger partial charge in [-0.15, -0.1) is 0 Å². The zero-order chi connectivity index (χ0) is 13.5. The molecule has 0 amide bonds. The van der Waals surface area contributed by atoms with Crippen LogP contribution in [0.3, 0.4) is 0 Å². The Hall–Kier alpha value is -1.11. The largest absolute Gasteiger partial charge is 0.416 e. The normalized spacial score (nSPS) is 26.2. The predicted molar refractivity (Wildman–Crippen MR) is 61.7 cm³/mol. The molecule has 6 heteroatoms. The first-order chi connectivity index (χ1) is 8.99. The molecular weight excluding hydrogens is 259 g/mol. The van der Waals surface area contributed by atoms with Crippen LogP contribution in [0.25, 0.3) is 0 Å². The minimum absolute atomic E-state index is 0.0834. The van der Waals surface area contributed by atoms with E-state index in [1.54, 1.807) is 0 Å². The van der Waals surface area contributed by atoms with Crippen molar-refractivity contribution in [3.8, 4) is 0 Å². The Morgan fingerprint density at radius 2 is 1.68 bits per heavy atom. The summed E-state index contributed by atoms with van der Waals surface area (Å²) >= 11 is 0. The van der Waals surface area contributed by atoms with E-state index in [1.165, 1.54) is 12.1 Å². The average molecular weight is 273 g/mol. The summed E-state index contributed by atoms with van der Waals surface area (Å²) in [5.74, 6) is 0. The fourth-order valence-electron chi connectivity index (χ4n) is 2.42. The highest BCUT2D eigenvalue weighted by molar-refractivity contribution is 5.27. The molecule has 2 heterocycles. The number of alkyl halides is 3. The first-order valence-electron chi connectivity index (χ1n) is 6.09. The van der Waals surface area contributed by atoms with Crippen LogP contribution in [-0.4, -0.2) is 32.0 Å². The molecule has 3 nitrogen and oxygen atoms in total. The second-order valence-electron chi connectivity index (χ2n) is 5.10. The molecule has 0 bridgehead atoms. The number of ether oxygens (including phenoxy) is 2. The van der Waals surface area contributed by atoms with E-state index in [-0.39, 0.29) is 11.6 Å². The van der Waals surface area contributed by atoms with E-state index in [4.69, 9.17) is 9.47 Å². The lowest BCUT2D eigenvalue weighted by atomic mass is 9.93. The predicted octanol–water partition coefficient (Wildman–Crippen LogP) is 2.14. The maximum Gasteiger partial charge on any atom is 0.416 e. The Morgan fingerprint density at radius 1 is 1.05 bits per heavy atom. The lowest BCUT2D eigenvalue weighted by Crippen LogP contribution is -2.67. The molecule has 1 aromatic rings. The van der Waals surface area contributed by atoms with Crippen LogP contribution in [0.1, 0.15) is 17.2 Å². The molecule has 1 atom stereocenters. The monoisotopic (exact) mass is 273 g/mol. The molecule has 1 spiro atoms. The van der Waals surface area contributed by atoms with Crippen molar-refractivity contribution in [1.29, 1.82) is 0 Å². The van der Waals surface area contributed by atoms with Crippen LogP contribution in [0.4, 0.5) is 13.2 Å². The first kappa shape index (κ1) is 12.9. The molecule has 2 aliphatic heterocycles. The standard InChI is InChI=1S/C13H14F3NO2/c14-13(15,16)10-3-1-9(2-4-10)11-5-18-6-12(17-11)7-19-8-12/h1-4,11,17H,5-8H2/t11-/m1/s1. The number of benzene rings is 1. The molecule has 2 fully saturated rings. The van der Waals surface area contributed by atoms with E-state index in [2.05, 4.69) is 5.32 Å². The lowest BCUT2D eigenvalue weighted by Gasteiger charge is -2.47. The molecule has 1 aromatic carbocycles. The van der Waals surface area contributed by atoms with Gasteiger partial charge in [0.25, 0.3) is 0 Å². The molecule has 2 aliphatic rings. The summed E-state index contributed by atoms with van der Waals surface area (Å²) in [6, 6.07) is 5.13. The first-order valence-corrected chi connectivity index (χ1v) is 6.09. The van der Waals surface area contributed by atoms with Crippen molar-refractivity contribution in [1.82, 2.24) is 5.32 Å². The third-order valence-corrected chi connectivity index (χ3v) is 3.54. The summed E-state index contributed by atoms with van der Waals surface area (Å²) in [6.07, 6.45) is -4.29.